The average Bonchev–Trinajstić information content (AvgIpc) is 2.73. The van der Waals surface area contributed by atoms with E-state index in [0.717, 1.165) is 24.2 Å². The van der Waals surface area contributed by atoms with Crippen LogP contribution in [0.3, 0.4) is 0 Å². The molecule has 0 spiro atoms. The summed E-state index contributed by atoms with van der Waals surface area (Å²) in [6.07, 6.45) is 2.59. The van der Waals surface area contributed by atoms with Gasteiger partial charge < -0.3 is 9.42 Å². The van der Waals surface area contributed by atoms with E-state index in [1.165, 1.54) is 25.9 Å². The molecule has 2 bridgehead atoms. The topological polar surface area (TPSA) is 42.2 Å². The zero-order chi connectivity index (χ0) is 9.54. The SMILES string of the molecule is Cc1noc([C@@H]2C[C@H]3CCN(C3)C2)n1. The maximum atomic E-state index is 5.24. The van der Waals surface area contributed by atoms with Crippen LogP contribution in [-0.2, 0) is 0 Å². The van der Waals surface area contributed by atoms with Gasteiger partial charge in [-0.15, -0.1) is 0 Å². The van der Waals surface area contributed by atoms with Gasteiger partial charge >= 0.3 is 0 Å². The first-order valence-corrected chi connectivity index (χ1v) is 5.34. The van der Waals surface area contributed by atoms with Crippen molar-refractivity contribution in [3.05, 3.63) is 11.7 Å². The van der Waals surface area contributed by atoms with Crippen LogP contribution in [0.2, 0.25) is 0 Å². The Morgan fingerprint density at radius 3 is 3.07 bits per heavy atom. The number of aryl methyl sites for hydroxylation is 1. The third-order valence-electron chi connectivity index (χ3n) is 3.36. The molecule has 3 atom stereocenters. The van der Waals surface area contributed by atoms with Gasteiger partial charge in [0.05, 0.1) is 5.92 Å². The highest BCUT2D eigenvalue weighted by atomic mass is 16.5. The van der Waals surface area contributed by atoms with Crippen molar-refractivity contribution in [3.8, 4) is 0 Å². The van der Waals surface area contributed by atoms with Crippen molar-refractivity contribution in [1.82, 2.24) is 15.0 Å². The number of fused-ring (bicyclic) bond motifs is 2. The number of aromatic nitrogens is 2. The van der Waals surface area contributed by atoms with Crippen LogP contribution < -0.4 is 0 Å². The van der Waals surface area contributed by atoms with Crippen molar-refractivity contribution in [2.45, 2.75) is 25.7 Å². The van der Waals surface area contributed by atoms with Gasteiger partial charge in [0.25, 0.3) is 0 Å². The fraction of sp³-hybridized carbons (Fsp3) is 0.800. The Morgan fingerprint density at radius 2 is 2.36 bits per heavy atom. The summed E-state index contributed by atoms with van der Waals surface area (Å²) >= 11 is 0. The fourth-order valence-electron chi connectivity index (χ4n) is 2.72. The van der Waals surface area contributed by atoms with Crippen molar-refractivity contribution in [2.24, 2.45) is 5.92 Å². The summed E-state index contributed by atoms with van der Waals surface area (Å²) < 4.78 is 5.24. The second-order valence-corrected chi connectivity index (χ2v) is 4.53. The van der Waals surface area contributed by atoms with Crippen molar-refractivity contribution in [2.75, 3.05) is 19.6 Å². The van der Waals surface area contributed by atoms with E-state index >= 15 is 0 Å². The van der Waals surface area contributed by atoms with Crippen LogP contribution in [0.5, 0.6) is 0 Å². The molecule has 0 N–H and O–H groups in total. The first-order valence-electron chi connectivity index (χ1n) is 5.34. The zero-order valence-corrected chi connectivity index (χ0v) is 8.44. The molecule has 4 heteroatoms. The number of rotatable bonds is 1. The van der Waals surface area contributed by atoms with Crippen LogP contribution in [-0.4, -0.2) is 34.7 Å². The van der Waals surface area contributed by atoms with E-state index in [9.17, 15) is 0 Å². The molecule has 4 nitrogen and oxygen atoms in total. The van der Waals surface area contributed by atoms with E-state index in [-0.39, 0.29) is 0 Å². The summed E-state index contributed by atoms with van der Waals surface area (Å²) in [5.41, 5.74) is 0. The minimum atomic E-state index is 0.484. The highest BCUT2D eigenvalue weighted by Crippen LogP contribution is 2.35. The highest BCUT2D eigenvalue weighted by molar-refractivity contribution is 5.00. The van der Waals surface area contributed by atoms with E-state index < -0.39 is 0 Å². The van der Waals surface area contributed by atoms with E-state index in [2.05, 4.69) is 15.0 Å². The molecular formula is C10H15N3O. The largest absolute Gasteiger partial charge is 0.339 e. The van der Waals surface area contributed by atoms with E-state index in [4.69, 9.17) is 4.52 Å². The first-order chi connectivity index (χ1) is 6.81. The number of nitrogens with zero attached hydrogens (tertiary/aromatic N) is 3. The average molecular weight is 193 g/mol. The Balaban J connectivity index is 1.80. The number of piperidine rings is 1. The van der Waals surface area contributed by atoms with E-state index in [1.807, 2.05) is 6.92 Å². The lowest BCUT2D eigenvalue weighted by Gasteiger charge is -2.27. The van der Waals surface area contributed by atoms with Gasteiger partial charge in [0.1, 0.15) is 0 Å². The second kappa shape index (κ2) is 3.05. The van der Waals surface area contributed by atoms with Gasteiger partial charge in [0, 0.05) is 13.1 Å². The minimum absolute atomic E-state index is 0.484. The van der Waals surface area contributed by atoms with E-state index in [0.29, 0.717) is 5.92 Å². The fourth-order valence-corrected chi connectivity index (χ4v) is 2.72. The molecule has 14 heavy (non-hydrogen) atoms. The molecule has 1 aromatic rings. The predicted octanol–water partition coefficient (Wildman–Crippen LogP) is 1.19. The van der Waals surface area contributed by atoms with Crippen molar-refractivity contribution in [1.29, 1.82) is 0 Å². The van der Waals surface area contributed by atoms with Gasteiger partial charge in [-0.1, -0.05) is 5.16 Å². The Labute approximate surface area is 83.3 Å². The van der Waals surface area contributed by atoms with Crippen LogP contribution >= 0.6 is 0 Å². The molecular weight excluding hydrogens is 178 g/mol. The van der Waals surface area contributed by atoms with Crippen LogP contribution in [0.25, 0.3) is 0 Å². The van der Waals surface area contributed by atoms with Crippen LogP contribution in [0, 0.1) is 12.8 Å². The summed E-state index contributed by atoms with van der Waals surface area (Å²) in [5, 5.41) is 3.86. The Morgan fingerprint density at radius 1 is 1.43 bits per heavy atom. The lowest BCUT2D eigenvalue weighted by atomic mass is 9.91. The van der Waals surface area contributed by atoms with E-state index in [1.54, 1.807) is 0 Å². The van der Waals surface area contributed by atoms with Crippen molar-refractivity contribution >= 4 is 0 Å². The molecule has 0 aromatic carbocycles. The minimum Gasteiger partial charge on any atom is -0.339 e. The van der Waals surface area contributed by atoms with Crippen molar-refractivity contribution < 1.29 is 4.52 Å². The molecule has 3 heterocycles. The number of hydrogen-bond donors (Lipinski definition) is 0. The molecule has 2 fully saturated rings. The molecule has 2 aliphatic heterocycles. The third kappa shape index (κ3) is 1.34. The maximum Gasteiger partial charge on any atom is 0.231 e. The Bertz CT molecular complexity index is 324. The smallest absolute Gasteiger partial charge is 0.231 e. The van der Waals surface area contributed by atoms with Gasteiger partial charge in [0.2, 0.25) is 5.89 Å². The molecule has 1 unspecified atom stereocenters. The van der Waals surface area contributed by atoms with Crippen LogP contribution in [0.4, 0.5) is 0 Å². The number of hydrogen-bond acceptors (Lipinski definition) is 4. The first kappa shape index (κ1) is 8.41. The molecule has 76 valence electrons. The summed E-state index contributed by atoms with van der Waals surface area (Å²) in [5.74, 6) is 2.95. The quantitative estimate of drug-likeness (QED) is 0.671. The molecule has 1 aromatic heterocycles. The monoisotopic (exact) mass is 193 g/mol. The second-order valence-electron chi connectivity index (χ2n) is 4.53. The van der Waals surface area contributed by atoms with Gasteiger partial charge in [-0.05, 0) is 32.2 Å². The Kier molecular flexibility index (Phi) is 1.83. The normalized spacial score (nSPS) is 36.2. The summed E-state index contributed by atoms with van der Waals surface area (Å²) in [6, 6.07) is 0. The molecule has 0 amide bonds. The summed E-state index contributed by atoms with van der Waals surface area (Å²) in [7, 11) is 0. The van der Waals surface area contributed by atoms with Gasteiger partial charge in [0.15, 0.2) is 5.82 Å². The van der Waals surface area contributed by atoms with Gasteiger partial charge in [-0.25, -0.2) is 0 Å². The maximum absolute atomic E-state index is 5.24. The van der Waals surface area contributed by atoms with Crippen LogP contribution in [0.15, 0.2) is 4.52 Å². The molecule has 2 saturated heterocycles. The van der Waals surface area contributed by atoms with Gasteiger partial charge in [-0.3, -0.25) is 0 Å². The molecule has 0 saturated carbocycles. The summed E-state index contributed by atoms with van der Waals surface area (Å²) in [4.78, 5) is 6.84. The predicted molar refractivity (Wildman–Crippen MR) is 50.9 cm³/mol. The third-order valence-corrected chi connectivity index (χ3v) is 3.36. The van der Waals surface area contributed by atoms with Gasteiger partial charge in [-0.2, -0.15) is 4.98 Å². The molecule has 0 aliphatic carbocycles. The lowest BCUT2D eigenvalue weighted by molar-refractivity contribution is 0.213. The zero-order valence-electron chi connectivity index (χ0n) is 8.44. The van der Waals surface area contributed by atoms with Crippen LogP contribution in [0.1, 0.15) is 30.5 Å². The lowest BCUT2D eigenvalue weighted by Crippen LogP contribution is -2.32. The summed E-state index contributed by atoms with van der Waals surface area (Å²) in [6.45, 7) is 5.53. The molecule has 2 aliphatic rings. The Hall–Kier alpha value is -0.900. The molecule has 3 rings (SSSR count). The molecule has 0 radical (unpaired) electrons. The standard InChI is InChI=1S/C10H15N3O/c1-7-11-10(14-12-7)9-4-8-2-3-13(5-8)6-9/h8-9H,2-6H2,1H3/t8-,9-/m1/s1. The highest BCUT2D eigenvalue weighted by Gasteiger charge is 2.35. The van der Waals surface area contributed by atoms with Crippen molar-refractivity contribution in [3.63, 3.8) is 0 Å².